The molecule has 3 aromatic rings. The normalized spacial score (nSPS) is 16.2. The summed E-state index contributed by atoms with van der Waals surface area (Å²) in [6, 6.07) is 14.1. The molecule has 2 heterocycles. The average molecular weight is 330 g/mol. The van der Waals surface area contributed by atoms with Gasteiger partial charge in [-0.25, -0.2) is 0 Å². The molecular weight excluding hydrogens is 316 g/mol. The number of hydrogen-bond acceptors (Lipinski definition) is 4. The highest BCUT2D eigenvalue weighted by Crippen LogP contribution is 2.37. The van der Waals surface area contributed by atoms with Crippen molar-refractivity contribution in [3.05, 3.63) is 65.9 Å². The monoisotopic (exact) mass is 330 g/mol. The number of amides is 2. The van der Waals surface area contributed by atoms with Gasteiger partial charge >= 0.3 is 0 Å². The average Bonchev–Trinajstić information content (AvgIpc) is 2.96. The van der Waals surface area contributed by atoms with Crippen LogP contribution >= 0.6 is 0 Å². The largest absolute Gasteiger partial charge is 0.366 e. The number of rotatable bonds is 3. The number of pyridine rings is 1. The lowest BCUT2D eigenvalue weighted by molar-refractivity contribution is -0.115. The fourth-order valence-corrected chi connectivity index (χ4v) is 2.98. The quantitative estimate of drug-likeness (QED) is 0.723. The molecule has 2 amide bonds. The third-order valence-electron chi connectivity index (χ3n) is 4.20. The minimum absolute atomic E-state index is 0.121. The maximum Gasteiger partial charge on any atom is 0.248 e. The van der Waals surface area contributed by atoms with Gasteiger partial charge in [0.2, 0.25) is 11.8 Å². The summed E-state index contributed by atoms with van der Waals surface area (Å²) in [6.45, 7) is 0. The highest BCUT2D eigenvalue weighted by molar-refractivity contribution is 6.16. The van der Waals surface area contributed by atoms with E-state index in [2.05, 4.69) is 15.3 Å². The molecule has 1 aliphatic heterocycles. The van der Waals surface area contributed by atoms with Crippen LogP contribution in [0, 0.1) is 0 Å². The van der Waals surface area contributed by atoms with Crippen LogP contribution in [0.3, 0.4) is 0 Å². The van der Waals surface area contributed by atoms with E-state index in [9.17, 15) is 9.59 Å². The van der Waals surface area contributed by atoms with Crippen LogP contribution in [0.2, 0.25) is 0 Å². The molecule has 0 saturated carbocycles. The summed E-state index contributed by atoms with van der Waals surface area (Å²) in [6.07, 6.45) is 3.34. The van der Waals surface area contributed by atoms with Gasteiger partial charge in [0.1, 0.15) is 5.92 Å². The van der Waals surface area contributed by atoms with Crippen molar-refractivity contribution in [2.45, 2.75) is 5.92 Å². The van der Waals surface area contributed by atoms with Gasteiger partial charge in [-0.2, -0.15) is 0 Å². The zero-order valence-corrected chi connectivity index (χ0v) is 13.1. The molecule has 1 aliphatic rings. The van der Waals surface area contributed by atoms with E-state index in [1.54, 1.807) is 36.7 Å². The first kappa shape index (κ1) is 15.0. The first-order chi connectivity index (χ1) is 12.1. The maximum atomic E-state index is 12.4. The number of primary amides is 1. The molecule has 0 fully saturated rings. The number of benzene rings is 2. The Morgan fingerprint density at radius 2 is 1.96 bits per heavy atom. The second kappa shape index (κ2) is 5.83. The van der Waals surface area contributed by atoms with Crippen LogP contribution in [0.1, 0.15) is 21.8 Å². The molecule has 25 heavy (non-hydrogen) atoms. The van der Waals surface area contributed by atoms with Crippen LogP contribution < -0.4 is 11.1 Å². The Bertz CT molecular complexity index is 1030. The van der Waals surface area contributed by atoms with Gasteiger partial charge in [-0.1, -0.05) is 6.07 Å². The summed E-state index contributed by atoms with van der Waals surface area (Å²) in [5.74, 6) is -1.10. The Balaban J connectivity index is 1.71. The molecule has 1 atom stereocenters. The summed E-state index contributed by atoms with van der Waals surface area (Å²) in [5, 5.41) is 3.81. The van der Waals surface area contributed by atoms with Gasteiger partial charge in [0.15, 0.2) is 0 Å². The molecule has 6 nitrogen and oxygen atoms in total. The van der Waals surface area contributed by atoms with E-state index < -0.39 is 11.8 Å². The fourth-order valence-electron chi connectivity index (χ4n) is 2.98. The van der Waals surface area contributed by atoms with Crippen LogP contribution in [-0.4, -0.2) is 23.0 Å². The molecule has 1 unspecified atom stereocenters. The van der Waals surface area contributed by atoms with Crippen LogP contribution in [0.4, 0.5) is 11.4 Å². The predicted octanol–water partition coefficient (Wildman–Crippen LogP) is 2.77. The third-order valence-corrected chi connectivity index (χ3v) is 4.20. The van der Waals surface area contributed by atoms with Crippen molar-refractivity contribution in [3.63, 3.8) is 0 Å². The van der Waals surface area contributed by atoms with E-state index in [-0.39, 0.29) is 5.91 Å². The van der Waals surface area contributed by atoms with E-state index in [0.717, 1.165) is 22.2 Å². The topological polar surface area (TPSA) is 97.4 Å². The third kappa shape index (κ3) is 2.63. The lowest BCUT2D eigenvalue weighted by Crippen LogP contribution is -2.13. The molecule has 2 aromatic carbocycles. The van der Waals surface area contributed by atoms with Gasteiger partial charge in [0, 0.05) is 34.6 Å². The number of nitrogens with zero attached hydrogens (tertiary/aromatic N) is 2. The molecule has 122 valence electrons. The van der Waals surface area contributed by atoms with E-state index in [1.807, 2.05) is 24.3 Å². The molecule has 6 heteroatoms. The predicted molar refractivity (Wildman–Crippen MR) is 96.2 cm³/mol. The highest BCUT2D eigenvalue weighted by atomic mass is 16.2. The molecule has 0 bridgehead atoms. The van der Waals surface area contributed by atoms with Gasteiger partial charge in [0.25, 0.3) is 0 Å². The van der Waals surface area contributed by atoms with E-state index in [4.69, 9.17) is 5.73 Å². The Hall–Kier alpha value is -3.54. The van der Waals surface area contributed by atoms with Gasteiger partial charge in [0.05, 0.1) is 11.2 Å². The standard InChI is InChI=1S/C19H14N4O2/c20-18(24)11-3-5-12(6-4-11)22-10-14-17-13-2-1-9-21-15(13)7-8-16(17)23-19(14)25/h1-10,14H,(H2,20,24)(H,23,25). The number of aliphatic imine (C=N–C) groups is 1. The summed E-state index contributed by atoms with van der Waals surface area (Å²) in [4.78, 5) is 32.2. The summed E-state index contributed by atoms with van der Waals surface area (Å²) in [7, 11) is 0. The number of nitrogens with two attached hydrogens (primary N) is 1. The van der Waals surface area contributed by atoms with Crippen molar-refractivity contribution in [3.8, 4) is 0 Å². The molecular formula is C19H14N4O2. The molecule has 0 saturated heterocycles. The Morgan fingerprint density at radius 3 is 2.72 bits per heavy atom. The van der Waals surface area contributed by atoms with E-state index in [0.29, 0.717) is 11.3 Å². The minimum atomic E-state index is -0.487. The van der Waals surface area contributed by atoms with Crippen LogP contribution in [0.5, 0.6) is 0 Å². The van der Waals surface area contributed by atoms with Crippen molar-refractivity contribution in [2.75, 3.05) is 5.32 Å². The Kier molecular flexibility index (Phi) is 3.50. The zero-order valence-electron chi connectivity index (χ0n) is 13.1. The van der Waals surface area contributed by atoms with Crippen molar-refractivity contribution in [1.29, 1.82) is 0 Å². The first-order valence-electron chi connectivity index (χ1n) is 7.76. The molecule has 0 aliphatic carbocycles. The van der Waals surface area contributed by atoms with Crippen molar-refractivity contribution < 1.29 is 9.59 Å². The highest BCUT2D eigenvalue weighted by Gasteiger charge is 2.31. The number of anilines is 1. The van der Waals surface area contributed by atoms with Crippen LogP contribution in [0.25, 0.3) is 10.9 Å². The van der Waals surface area contributed by atoms with E-state index >= 15 is 0 Å². The summed E-state index contributed by atoms with van der Waals surface area (Å²) < 4.78 is 0. The Morgan fingerprint density at radius 1 is 1.16 bits per heavy atom. The molecule has 4 rings (SSSR count). The van der Waals surface area contributed by atoms with Gasteiger partial charge in [-0.3, -0.25) is 19.6 Å². The zero-order chi connectivity index (χ0) is 17.4. The SMILES string of the molecule is NC(=O)c1ccc(N=CC2C(=O)Nc3ccc4ncccc4c32)cc1. The van der Waals surface area contributed by atoms with Gasteiger partial charge < -0.3 is 11.1 Å². The second-order valence-electron chi connectivity index (χ2n) is 5.75. The molecule has 3 N–H and O–H groups in total. The minimum Gasteiger partial charge on any atom is -0.366 e. The fraction of sp³-hybridized carbons (Fsp3) is 0.0526. The van der Waals surface area contributed by atoms with E-state index in [1.165, 1.54) is 0 Å². The van der Waals surface area contributed by atoms with Crippen molar-refractivity contribution >= 4 is 40.3 Å². The number of nitrogens with one attached hydrogen (secondary N) is 1. The molecule has 0 radical (unpaired) electrons. The van der Waals surface area contributed by atoms with Crippen LogP contribution in [-0.2, 0) is 4.79 Å². The maximum absolute atomic E-state index is 12.4. The first-order valence-corrected chi connectivity index (χ1v) is 7.76. The number of carbonyl (C=O) groups is 2. The number of hydrogen-bond donors (Lipinski definition) is 2. The Labute approximate surface area is 143 Å². The summed E-state index contributed by atoms with van der Waals surface area (Å²) >= 11 is 0. The number of carbonyl (C=O) groups excluding carboxylic acids is 2. The summed E-state index contributed by atoms with van der Waals surface area (Å²) in [5.41, 5.74) is 8.79. The van der Waals surface area contributed by atoms with Gasteiger partial charge in [-0.15, -0.1) is 0 Å². The van der Waals surface area contributed by atoms with Crippen LogP contribution in [0.15, 0.2) is 59.7 Å². The second-order valence-corrected chi connectivity index (χ2v) is 5.75. The molecule has 1 aromatic heterocycles. The lowest BCUT2D eigenvalue weighted by Gasteiger charge is -2.06. The lowest BCUT2D eigenvalue weighted by atomic mass is 9.97. The van der Waals surface area contributed by atoms with Crippen molar-refractivity contribution in [2.24, 2.45) is 10.7 Å². The van der Waals surface area contributed by atoms with Gasteiger partial charge in [-0.05, 0) is 42.5 Å². The van der Waals surface area contributed by atoms with Crippen molar-refractivity contribution in [1.82, 2.24) is 4.98 Å². The number of aromatic nitrogens is 1. The molecule has 0 spiro atoms. The number of fused-ring (bicyclic) bond motifs is 3. The smallest absolute Gasteiger partial charge is 0.248 e.